The van der Waals surface area contributed by atoms with E-state index in [-0.39, 0.29) is 17.9 Å². The van der Waals surface area contributed by atoms with Gasteiger partial charge >= 0.3 is 0 Å². The van der Waals surface area contributed by atoms with E-state index in [1.165, 1.54) is 0 Å². The number of hydrogen-bond donors (Lipinski definition) is 1. The molecule has 23 heavy (non-hydrogen) atoms. The Morgan fingerprint density at radius 3 is 2.91 bits per heavy atom. The van der Waals surface area contributed by atoms with Gasteiger partial charge in [0.15, 0.2) is 0 Å². The molecule has 0 aromatic heterocycles. The molecule has 0 radical (unpaired) electrons. The van der Waals surface area contributed by atoms with Crippen LogP contribution in [0.15, 0.2) is 28.7 Å². The van der Waals surface area contributed by atoms with E-state index in [0.717, 1.165) is 29.5 Å². The van der Waals surface area contributed by atoms with E-state index in [9.17, 15) is 9.59 Å². The standard InChI is InChI=1S/C17H23BrN2O3/c1-13(21)20(12-16-6-3-9-23-16)8-7-19-17(22)11-14-4-2-5-15(18)10-14/h2,4-5,10,16H,3,6-9,11-12H2,1H3,(H,19,22). The van der Waals surface area contributed by atoms with Crippen LogP contribution >= 0.6 is 15.9 Å². The highest BCUT2D eigenvalue weighted by molar-refractivity contribution is 9.10. The van der Waals surface area contributed by atoms with E-state index in [1.54, 1.807) is 11.8 Å². The second kappa shape index (κ2) is 9.03. The van der Waals surface area contributed by atoms with E-state index in [1.807, 2.05) is 24.3 Å². The molecule has 5 nitrogen and oxygen atoms in total. The van der Waals surface area contributed by atoms with Crippen LogP contribution in [-0.4, -0.2) is 49.1 Å². The molecule has 0 bridgehead atoms. The van der Waals surface area contributed by atoms with Crippen molar-refractivity contribution in [1.82, 2.24) is 10.2 Å². The highest BCUT2D eigenvalue weighted by Gasteiger charge is 2.20. The van der Waals surface area contributed by atoms with Crippen molar-refractivity contribution in [3.63, 3.8) is 0 Å². The molecule has 0 saturated carbocycles. The molecular formula is C17H23BrN2O3. The van der Waals surface area contributed by atoms with Crippen LogP contribution in [0.3, 0.4) is 0 Å². The second-order valence-corrected chi connectivity index (χ2v) is 6.67. The van der Waals surface area contributed by atoms with E-state index >= 15 is 0 Å². The second-order valence-electron chi connectivity index (χ2n) is 5.76. The summed E-state index contributed by atoms with van der Waals surface area (Å²) in [5.74, 6) is -0.0227. The Bertz CT molecular complexity index is 544. The lowest BCUT2D eigenvalue weighted by Gasteiger charge is -2.24. The molecule has 0 aliphatic carbocycles. The lowest BCUT2D eigenvalue weighted by molar-refractivity contribution is -0.131. The zero-order valence-electron chi connectivity index (χ0n) is 13.4. The van der Waals surface area contributed by atoms with Gasteiger partial charge in [-0.05, 0) is 30.5 Å². The first-order valence-corrected chi connectivity index (χ1v) is 8.72. The van der Waals surface area contributed by atoms with E-state index in [4.69, 9.17) is 4.74 Å². The van der Waals surface area contributed by atoms with Gasteiger partial charge in [-0.25, -0.2) is 0 Å². The Balaban J connectivity index is 1.73. The summed E-state index contributed by atoms with van der Waals surface area (Å²) in [4.78, 5) is 25.4. The fourth-order valence-electron chi connectivity index (χ4n) is 2.64. The van der Waals surface area contributed by atoms with Crippen LogP contribution in [0, 0.1) is 0 Å². The normalized spacial score (nSPS) is 17.0. The molecule has 1 saturated heterocycles. The van der Waals surface area contributed by atoms with Crippen LogP contribution in [0.1, 0.15) is 25.3 Å². The number of rotatable bonds is 7. The van der Waals surface area contributed by atoms with Gasteiger partial charge in [0.2, 0.25) is 11.8 Å². The third-order valence-electron chi connectivity index (χ3n) is 3.85. The molecule has 0 spiro atoms. The molecule has 1 N–H and O–H groups in total. The monoisotopic (exact) mass is 382 g/mol. The molecule has 6 heteroatoms. The summed E-state index contributed by atoms with van der Waals surface area (Å²) in [6.45, 7) is 3.91. The number of benzene rings is 1. The molecule has 1 aromatic carbocycles. The van der Waals surface area contributed by atoms with Crippen LogP contribution in [-0.2, 0) is 20.7 Å². The summed E-state index contributed by atoms with van der Waals surface area (Å²) >= 11 is 3.39. The average Bonchev–Trinajstić information content (AvgIpc) is 2.99. The van der Waals surface area contributed by atoms with Crippen molar-refractivity contribution >= 4 is 27.7 Å². The lowest BCUT2D eigenvalue weighted by atomic mass is 10.1. The molecule has 2 rings (SSSR count). The Morgan fingerprint density at radius 1 is 1.43 bits per heavy atom. The maximum absolute atomic E-state index is 12.0. The van der Waals surface area contributed by atoms with Gasteiger partial charge in [0, 0.05) is 37.6 Å². The first-order valence-electron chi connectivity index (χ1n) is 7.93. The number of hydrogen-bond acceptors (Lipinski definition) is 3. The Morgan fingerprint density at radius 2 is 2.26 bits per heavy atom. The number of halogens is 1. The highest BCUT2D eigenvalue weighted by Crippen LogP contribution is 2.13. The van der Waals surface area contributed by atoms with E-state index in [0.29, 0.717) is 26.1 Å². The minimum atomic E-state index is -0.0382. The Kier molecular flexibility index (Phi) is 7.05. The van der Waals surface area contributed by atoms with Crippen molar-refractivity contribution in [3.8, 4) is 0 Å². The quantitative estimate of drug-likeness (QED) is 0.785. The summed E-state index contributed by atoms with van der Waals surface area (Å²) in [7, 11) is 0. The number of carbonyl (C=O) groups excluding carboxylic acids is 2. The summed E-state index contributed by atoms with van der Waals surface area (Å²) in [6, 6.07) is 7.69. The average molecular weight is 383 g/mol. The molecule has 1 unspecified atom stereocenters. The predicted molar refractivity (Wildman–Crippen MR) is 92.1 cm³/mol. The Labute approximate surface area is 145 Å². The van der Waals surface area contributed by atoms with E-state index in [2.05, 4.69) is 21.2 Å². The largest absolute Gasteiger partial charge is 0.376 e. The number of carbonyl (C=O) groups is 2. The van der Waals surface area contributed by atoms with Crippen LogP contribution in [0.25, 0.3) is 0 Å². The van der Waals surface area contributed by atoms with Crippen molar-refractivity contribution in [1.29, 1.82) is 0 Å². The summed E-state index contributed by atoms with van der Waals surface area (Å²) in [5, 5.41) is 2.87. The van der Waals surface area contributed by atoms with Crippen molar-refractivity contribution in [2.24, 2.45) is 0 Å². The lowest BCUT2D eigenvalue weighted by Crippen LogP contribution is -2.41. The zero-order chi connectivity index (χ0) is 16.7. The maximum Gasteiger partial charge on any atom is 0.224 e. The zero-order valence-corrected chi connectivity index (χ0v) is 15.0. The number of amides is 2. The molecule has 2 amide bonds. The smallest absolute Gasteiger partial charge is 0.224 e. The third kappa shape index (κ3) is 6.31. The van der Waals surface area contributed by atoms with Gasteiger partial charge in [-0.3, -0.25) is 9.59 Å². The van der Waals surface area contributed by atoms with Gasteiger partial charge in [0.25, 0.3) is 0 Å². The molecule has 1 fully saturated rings. The third-order valence-corrected chi connectivity index (χ3v) is 4.34. The van der Waals surface area contributed by atoms with Crippen LogP contribution in [0.5, 0.6) is 0 Å². The molecule has 1 aromatic rings. The summed E-state index contributed by atoms with van der Waals surface area (Å²) in [5.41, 5.74) is 0.958. The van der Waals surface area contributed by atoms with Crippen molar-refractivity contribution in [2.75, 3.05) is 26.2 Å². The molecule has 1 heterocycles. The maximum atomic E-state index is 12.0. The fourth-order valence-corrected chi connectivity index (χ4v) is 3.08. The first-order chi connectivity index (χ1) is 11.0. The molecule has 1 atom stereocenters. The summed E-state index contributed by atoms with van der Waals surface area (Å²) in [6.07, 6.45) is 2.53. The minimum absolute atomic E-state index is 0.0155. The molecule has 1 aliphatic heterocycles. The highest BCUT2D eigenvalue weighted by atomic mass is 79.9. The van der Waals surface area contributed by atoms with Crippen molar-refractivity contribution in [2.45, 2.75) is 32.3 Å². The summed E-state index contributed by atoms with van der Waals surface area (Å²) < 4.78 is 6.53. The first kappa shape index (κ1) is 17.9. The van der Waals surface area contributed by atoms with Gasteiger partial charge in [-0.15, -0.1) is 0 Å². The van der Waals surface area contributed by atoms with Gasteiger partial charge in [-0.1, -0.05) is 28.1 Å². The van der Waals surface area contributed by atoms with Crippen molar-refractivity contribution < 1.29 is 14.3 Å². The number of nitrogens with zero attached hydrogens (tertiary/aromatic N) is 1. The van der Waals surface area contributed by atoms with Gasteiger partial charge in [0.1, 0.15) is 0 Å². The fraction of sp³-hybridized carbons (Fsp3) is 0.529. The number of nitrogens with one attached hydrogen (secondary N) is 1. The van der Waals surface area contributed by atoms with Crippen molar-refractivity contribution in [3.05, 3.63) is 34.3 Å². The SMILES string of the molecule is CC(=O)N(CCNC(=O)Cc1cccc(Br)c1)CC1CCCO1. The Hall–Kier alpha value is -1.40. The van der Waals surface area contributed by atoms with Gasteiger partial charge in [0.05, 0.1) is 12.5 Å². The van der Waals surface area contributed by atoms with Crippen LogP contribution in [0.4, 0.5) is 0 Å². The van der Waals surface area contributed by atoms with Crippen LogP contribution in [0.2, 0.25) is 0 Å². The van der Waals surface area contributed by atoms with Gasteiger partial charge < -0.3 is 15.0 Å². The van der Waals surface area contributed by atoms with E-state index < -0.39 is 0 Å². The van der Waals surface area contributed by atoms with Crippen LogP contribution < -0.4 is 5.32 Å². The topological polar surface area (TPSA) is 58.6 Å². The molecule has 1 aliphatic rings. The van der Waals surface area contributed by atoms with Gasteiger partial charge in [-0.2, -0.15) is 0 Å². The number of ether oxygens (including phenoxy) is 1. The predicted octanol–water partition coefficient (Wildman–Crippen LogP) is 2.14. The molecule has 126 valence electrons. The molecular weight excluding hydrogens is 360 g/mol. The minimum Gasteiger partial charge on any atom is -0.376 e.